The van der Waals surface area contributed by atoms with Gasteiger partial charge in [-0.1, -0.05) is 18.2 Å². The van der Waals surface area contributed by atoms with Crippen LogP contribution in [0.15, 0.2) is 61.3 Å². The molecule has 0 aromatic carbocycles. The number of nitrogens with one attached hydrogen (secondary N) is 1. The summed E-state index contributed by atoms with van der Waals surface area (Å²) in [5.41, 5.74) is 3.72. The molecule has 3 aromatic heterocycles. The minimum absolute atomic E-state index is 0.0874. The molecule has 0 spiro atoms. The van der Waals surface area contributed by atoms with E-state index in [-0.39, 0.29) is 11.9 Å². The monoisotopic (exact) mass is 431 g/mol. The first-order valence-electron chi connectivity index (χ1n) is 10.9. The summed E-state index contributed by atoms with van der Waals surface area (Å²) >= 11 is 0. The van der Waals surface area contributed by atoms with Gasteiger partial charge in [0.05, 0.1) is 6.20 Å². The topological polar surface area (TPSA) is 78.7 Å². The van der Waals surface area contributed by atoms with Crippen LogP contribution in [0, 0.1) is 0 Å². The van der Waals surface area contributed by atoms with E-state index in [1.807, 2.05) is 66.6 Å². The van der Waals surface area contributed by atoms with Crippen molar-refractivity contribution >= 4 is 28.6 Å². The maximum atomic E-state index is 13.2. The summed E-state index contributed by atoms with van der Waals surface area (Å²) in [5.74, 6) is 0.890. The maximum absolute atomic E-state index is 13.2. The highest BCUT2D eigenvalue weighted by molar-refractivity contribution is 5.86. The molecule has 1 saturated heterocycles. The van der Waals surface area contributed by atoms with Crippen LogP contribution in [0.2, 0.25) is 0 Å². The molecule has 0 bridgehead atoms. The summed E-state index contributed by atoms with van der Waals surface area (Å²) in [6.45, 7) is 8.90. The Morgan fingerprint density at radius 1 is 1.12 bits per heavy atom. The van der Waals surface area contributed by atoms with E-state index in [1.165, 1.54) is 0 Å². The van der Waals surface area contributed by atoms with Crippen LogP contribution < -0.4 is 10.2 Å². The van der Waals surface area contributed by atoms with Crippen LogP contribution in [0.5, 0.6) is 0 Å². The molecule has 1 fully saturated rings. The fourth-order valence-electron chi connectivity index (χ4n) is 3.92. The van der Waals surface area contributed by atoms with Crippen molar-refractivity contribution < 1.29 is 4.79 Å². The molecule has 32 heavy (non-hydrogen) atoms. The third-order valence-corrected chi connectivity index (χ3v) is 5.69. The third kappa shape index (κ3) is 4.49. The van der Waals surface area contributed by atoms with E-state index in [2.05, 4.69) is 20.2 Å². The van der Waals surface area contributed by atoms with Gasteiger partial charge < -0.3 is 15.1 Å². The second-order valence-electron chi connectivity index (χ2n) is 7.87. The number of rotatable bonds is 6. The summed E-state index contributed by atoms with van der Waals surface area (Å²) in [4.78, 5) is 30.4. The molecule has 1 N–H and O–H groups in total. The van der Waals surface area contributed by atoms with E-state index in [0.717, 1.165) is 41.5 Å². The summed E-state index contributed by atoms with van der Waals surface area (Å²) in [6, 6.07) is 3.63. The van der Waals surface area contributed by atoms with Crippen molar-refractivity contribution in [3.63, 3.8) is 0 Å². The van der Waals surface area contributed by atoms with Crippen LogP contribution in [0.1, 0.15) is 26.5 Å². The minimum Gasteiger partial charge on any atom is -0.368 e. The molecule has 8 nitrogen and oxygen atoms in total. The lowest BCUT2D eigenvalue weighted by atomic mass is 10.1. The molecule has 3 aromatic rings. The number of fused-ring (bicyclic) bond motifs is 1. The first kappa shape index (κ1) is 21.5. The highest BCUT2D eigenvalue weighted by Crippen LogP contribution is 2.26. The van der Waals surface area contributed by atoms with E-state index in [1.54, 1.807) is 24.8 Å². The molecule has 1 atom stereocenters. The SMILES string of the molecule is C/C=C\C=C(/C)c1nc2cnccn2c1NC(C)C(=O)N1CCN(c2ccncc2)CC1. The molecule has 4 heterocycles. The van der Waals surface area contributed by atoms with Gasteiger partial charge in [-0.2, -0.15) is 0 Å². The average molecular weight is 432 g/mol. The third-order valence-electron chi connectivity index (χ3n) is 5.69. The minimum atomic E-state index is -0.385. The normalized spacial score (nSPS) is 16.0. The van der Waals surface area contributed by atoms with Crippen LogP contribution in [-0.2, 0) is 4.79 Å². The number of allylic oxidation sites excluding steroid dienone is 4. The molecule has 0 saturated carbocycles. The number of anilines is 2. The summed E-state index contributed by atoms with van der Waals surface area (Å²) < 4.78 is 1.94. The Hall–Kier alpha value is -3.68. The second kappa shape index (κ2) is 9.64. The molecule has 166 valence electrons. The molecule has 1 aliphatic rings. The highest BCUT2D eigenvalue weighted by atomic mass is 16.2. The molecule has 1 aliphatic heterocycles. The van der Waals surface area contributed by atoms with Crippen molar-refractivity contribution in [2.24, 2.45) is 0 Å². The Balaban J connectivity index is 1.49. The van der Waals surface area contributed by atoms with E-state index < -0.39 is 0 Å². The molecule has 1 unspecified atom stereocenters. The standard InChI is InChI=1S/C24H29N7O/c1-4-5-6-18(2)22-23(31-12-11-26-17-21(31)28-22)27-19(3)24(32)30-15-13-29(14-16-30)20-7-9-25-10-8-20/h4-12,17,19,27H,13-16H2,1-3H3/b5-4-,18-6+. The van der Waals surface area contributed by atoms with Gasteiger partial charge >= 0.3 is 0 Å². The number of carbonyl (C=O) groups is 1. The van der Waals surface area contributed by atoms with Gasteiger partial charge in [-0.25, -0.2) is 4.98 Å². The molecule has 8 heteroatoms. The molecular weight excluding hydrogens is 402 g/mol. The van der Waals surface area contributed by atoms with Crippen LogP contribution in [0.25, 0.3) is 11.2 Å². The number of nitrogens with zero attached hydrogens (tertiary/aromatic N) is 6. The zero-order valence-electron chi connectivity index (χ0n) is 18.8. The zero-order valence-corrected chi connectivity index (χ0v) is 18.8. The number of hydrogen-bond acceptors (Lipinski definition) is 6. The van der Waals surface area contributed by atoms with Gasteiger partial charge in [0.15, 0.2) is 5.65 Å². The first-order chi connectivity index (χ1) is 15.6. The van der Waals surface area contributed by atoms with Gasteiger partial charge in [0.25, 0.3) is 0 Å². The smallest absolute Gasteiger partial charge is 0.244 e. The summed E-state index contributed by atoms with van der Waals surface area (Å²) in [7, 11) is 0. The Labute approximate surface area is 188 Å². The number of aromatic nitrogens is 4. The molecular formula is C24H29N7O. The van der Waals surface area contributed by atoms with E-state index in [0.29, 0.717) is 13.1 Å². The van der Waals surface area contributed by atoms with Crippen molar-refractivity contribution in [1.29, 1.82) is 0 Å². The van der Waals surface area contributed by atoms with Gasteiger partial charge in [0.1, 0.15) is 17.6 Å². The molecule has 0 radical (unpaired) electrons. The van der Waals surface area contributed by atoms with E-state index in [9.17, 15) is 4.79 Å². The zero-order chi connectivity index (χ0) is 22.5. The molecule has 4 rings (SSSR count). The van der Waals surface area contributed by atoms with E-state index >= 15 is 0 Å². The summed E-state index contributed by atoms with van der Waals surface area (Å²) in [6.07, 6.45) is 14.9. The fraction of sp³-hybridized carbons (Fsp3) is 0.333. The largest absolute Gasteiger partial charge is 0.368 e. The number of hydrogen-bond donors (Lipinski definition) is 1. The fourth-order valence-corrected chi connectivity index (χ4v) is 3.92. The first-order valence-corrected chi connectivity index (χ1v) is 10.9. The Morgan fingerprint density at radius 3 is 2.59 bits per heavy atom. The molecule has 0 aliphatic carbocycles. The predicted molar refractivity (Wildman–Crippen MR) is 128 cm³/mol. The van der Waals surface area contributed by atoms with Crippen LogP contribution >= 0.6 is 0 Å². The Morgan fingerprint density at radius 2 is 1.88 bits per heavy atom. The Bertz CT molecular complexity index is 1130. The Kier molecular flexibility index (Phi) is 6.49. The van der Waals surface area contributed by atoms with Gasteiger partial charge in [0.2, 0.25) is 5.91 Å². The van der Waals surface area contributed by atoms with Crippen LogP contribution in [0.4, 0.5) is 11.5 Å². The quantitative estimate of drug-likeness (QED) is 0.604. The number of imidazole rings is 1. The van der Waals surface area contributed by atoms with Crippen LogP contribution in [0.3, 0.4) is 0 Å². The lowest BCUT2D eigenvalue weighted by molar-refractivity contribution is -0.131. The predicted octanol–water partition coefficient (Wildman–Crippen LogP) is 3.25. The lowest BCUT2D eigenvalue weighted by Gasteiger charge is -2.37. The van der Waals surface area contributed by atoms with Gasteiger partial charge in [0, 0.05) is 56.7 Å². The van der Waals surface area contributed by atoms with Gasteiger partial charge in [-0.3, -0.25) is 19.2 Å². The molecule has 1 amide bonds. The van der Waals surface area contributed by atoms with Crippen molar-refractivity contribution in [1.82, 2.24) is 24.3 Å². The van der Waals surface area contributed by atoms with Gasteiger partial charge in [-0.05, 0) is 38.5 Å². The maximum Gasteiger partial charge on any atom is 0.244 e. The van der Waals surface area contributed by atoms with Crippen molar-refractivity contribution in [2.45, 2.75) is 26.8 Å². The highest BCUT2D eigenvalue weighted by Gasteiger charge is 2.26. The van der Waals surface area contributed by atoms with Gasteiger partial charge in [-0.15, -0.1) is 0 Å². The second-order valence-corrected chi connectivity index (χ2v) is 7.87. The van der Waals surface area contributed by atoms with Crippen molar-refractivity contribution in [3.8, 4) is 0 Å². The van der Waals surface area contributed by atoms with E-state index in [4.69, 9.17) is 4.98 Å². The lowest BCUT2D eigenvalue weighted by Crippen LogP contribution is -2.52. The van der Waals surface area contributed by atoms with Crippen molar-refractivity contribution in [3.05, 3.63) is 67.0 Å². The van der Waals surface area contributed by atoms with Crippen LogP contribution in [-0.4, -0.2) is 62.4 Å². The van der Waals surface area contributed by atoms with Crippen molar-refractivity contribution in [2.75, 3.05) is 36.4 Å². The number of carbonyl (C=O) groups excluding carboxylic acids is 1. The average Bonchev–Trinajstić information content (AvgIpc) is 3.21. The number of piperazine rings is 1. The number of amides is 1. The number of pyridine rings is 1. The summed E-state index contributed by atoms with van der Waals surface area (Å²) in [5, 5.41) is 3.43.